The Hall–Kier alpha value is -4.35. The summed E-state index contributed by atoms with van der Waals surface area (Å²) < 4.78 is 14.8. The minimum Gasteiger partial charge on any atom is -0.322 e. The molecule has 0 aliphatic rings. The first kappa shape index (κ1) is 39.7. The molecule has 46 heavy (non-hydrogen) atoms. The largest absolute Gasteiger partial charge is 0.322 e. The van der Waals surface area contributed by atoms with E-state index in [1.54, 1.807) is 36.4 Å². The maximum Gasteiger partial charge on any atom is 0.275 e. The number of non-ortho nitro benzene ring substituents is 1. The van der Waals surface area contributed by atoms with Gasteiger partial charge >= 0.3 is 0 Å². The summed E-state index contributed by atoms with van der Waals surface area (Å²) in [4.78, 5) is 33.3. The van der Waals surface area contributed by atoms with Crippen molar-refractivity contribution in [1.82, 2.24) is 4.67 Å². The molecule has 3 aromatic rings. The summed E-state index contributed by atoms with van der Waals surface area (Å²) >= 11 is 0. The minimum absolute atomic E-state index is 0.0159. The maximum absolute atomic E-state index is 11.9. The van der Waals surface area contributed by atoms with Crippen molar-refractivity contribution in [2.75, 3.05) is 6.61 Å². The van der Waals surface area contributed by atoms with Crippen LogP contribution in [0.15, 0.2) is 98.1 Å². The Morgan fingerprint density at radius 1 is 0.739 bits per heavy atom. The molecule has 0 aromatic heterocycles. The Kier molecular flexibility index (Phi) is 17.8. The van der Waals surface area contributed by atoms with E-state index < -0.39 is 29.4 Å². The van der Waals surface area contributed by atoms with Gasteiger partial charge in [-0.1, -0.05) is 48.6 Å². The molecule has 0 radical (unpaired) electrons. The molecule has 12 nitrogen and oxygen atoms in total. The molecule has 3 rings (SSSR count). The van der Waals surface area contributed by atoms with Crippen molar-refractivity contribution in [3.8, 4) is 0 Å². The summed E-state index contributed by atoms with van der Waals surface area (Å²) in [6.45, 7) is 18.5. The fraction of sp³-hybridized carbons (Fsp3) is 0.333. The van der Waals surface area contributed by atoms with Crippen LogP contribution in [0.25, 0.3) is 0 Å². The summed E-state index contributed by atoms with van der Waals surface area (Å²) in [6, 6.07) is 18.0. The van der Waals surface area contributed by atoms with Crippen molar-refractivity contribution in [3.05, 3.63) is 145 Å². The molecule has 0 saturated heterocycles. The van der Waals surface area contributed by atoms with E-state index in [0.717, 1.165) is 5.56 Å². The van der Waals surface area contributed by atoms with E-state index >= 15 is 0 Å². The zero-order valence-corrected chi connectivity index (χ0v) is 28.0. The summed E-state index contributed by atoms with van der Waals surface area (Å²) in [7, 11) is -1.89. The lowest BCUT2D eigenvalue weighted by Crippen LogP contribution is -2.34. The minimum atomic E-state index is -1.89. The molecule has 1 atom stereocenters. The standard InChI is InChI=1S/C27H31N4O8P.2C3H6/c1-19(2)28(20(3)4)40(38-18-17-21-13-15-22(16-14-21)29(32)33)39-27(23-9-5-7-11-25(23)30(34)35)24-10-6-8-12-26(24)31(36)37;2*1-3-2/h5-16,19-20,27H,17-18H2,1-4H3;2*3H,1H2,2H3. The quantitative estimate of drug-likeness (QED) is 0.0716. The number of nitro groups is 3. The summed E-state index contributed by atoms with van der Waals surface area (Å²) in [6.07, 6.45) is 2.75. The number of para-hydroxylation sites is 2. The van der Waals surface area contributed by atoms with Crippen LogP contribution < -0.4 is 0 Å². The first-order valence-electron chi connectivity index (χ1n) is 14.6. The lowest BCUT2D eigenvalue weighted by molar-refractivity contribution is -0.387. The predicted molar refractivity (Wildman–Crippen MR) is 183 cm³/mol. The Balaban J connectivity index is 0.00000163. The van der Waals surface area contributed by atoms with Crippen LogP contribution >= 0.6 is 8.53 Å². The lowest BCUT2D eigenvalue weighted by atomic mass is 9.98. The summed E-state index contributed by atoms with van der Waals surface area (Å²) in [5.74, 6) is 0. The van der Waals surface area contributed by atoms with E-state index in [2.05, 4.69) is 13.2 Å². The second-order valence-electron chi connectivity index (χ2n) is 10.2. The van der Waals surface area contributed by atoms with E-state index in [1.807, 2.05) is 46.2 Å². The van der Waals surface area contributed by atoms with Gasteiger partial charge in [-0.3, -0.25) is 30.3 Å². The molecule has 0 amide bonds. The normalized spacial score (nSPS) is 11.3. The Bertz CT molecular complexity index is 1360. The predicted octanol–water partition coefficient (Wildman–Crippen LogP) is 9.51. The van der Waals surface area contributed by atoms with Gasteiger partial charge in [-0.05, 0) is 65.7 Å². The number of nitro benzene ring substituents is 3. The van der Waals surface area contributed by atoms with Crippen LogP contribution in [-0.2, 0) is 15.5 Å². The number of allylic oxidation sites excluding steroid dienone is 2. The van der Waals surface area contributed by atoms with Gasteiger partial charge in [-0.2, -0.15) is 0 Å². The first-order valence-corrected chi connectivity index (χ1v) is 15.7. The summed E-state index contributed by atoms with van der Waals surface area (Å²) in [5, 5.41) is 34.9. The summed E-state index contributed by atoms with van der Waals surface area (Å²) in [5.41, 5.74) is 0.675. The highest BCUT2D eigenvalue weighted by Gasteiger charge is 2.36. The van der Waals surface area contributed by atoms with Crippen LogP contribution in [0.5, 0.6) is 0 Å². The topological polar surface area (TPSA) is 151 Å². The van der Waals surface area contributed by atoms with Crippen LogP contribution in [-0.4, -0.2) is 38.1 Å². The number of hydrogen-bond acceptors (Lipinski definition) is 9. The van der Waals surface area contributed by atoms with Gasteiger partial charge in [0.05, 0.1) is 32.5 Å². The molecule has 0 aliphatic heterocycles. The zero-order valence-electron chi connectivity index (χ0n) is 27.1. The van der Waals surface area contributed by atoms with Gasteiger partial charge in [-0.25, -0.2) is 4.67 Å². The van der Waals surface area contributed by atoms with Gasteiger partial charge in [0.1, 0.15) is 6.10 Å². The fourth-order valence-corrected chi connectivity index (χ4v) is 5.99. The van der Waals surface area contributed by atoms with Crippen LogP contribution in [0.3, 0.4) is 0 Å². The Morgan fingerprint density at radius 3 is 1.52 bits per heavy atom. The van der Waals surface area contributed by atoms with Gasteiger partial charge < -0.3 is 9.05 Å². The molecular weight excluding hydrogens is 611 g/mol. The van der Waals surface area contributed by atoms with Crippen molar-refractivity contribution in [1.29, 1.82) is 0 Å². The number of hydrogen-bond donors (Lipinski definition) is 0. The molecule has 13 heteroatoms. The van der Waals surface area contributed by atoms with Crippen molar-refractivity contribution < 1.29 is 23.8 Å². The Morgan fingerprint density at radius 2 is 1.15 bits per heavy atom. The second kappa shape index (κ2) is 20.6. The van der Waals surface area contributed by atoms with E-state index in [4.69, 9.17) is 9.05 Å². The maximum atomic E-state index is 11.9. The third kappa shape index (κ3) is 12.2. The van der Waals surface area contributed by atoms with Crippen molar-refractivity contribution >= 4 is 25.6 Å². The average molecular weight is 655 g/mol. The van der Waals surface area contributed by atoms with E-state index in [-0.39, 0.29) is 46.9 Å². The van der Waals surface area contributed by atoms with Crippen molar-refractivity contribution in [2.24, 2.45) is 0 Å². The fourth-order valence-electron chi connectivity index (χ4n) is 4.27. The smallest absolute Gasteiger partial charge is 0.275 e. The molecule has 0 saturated carbocycles. The van der Waals surface area contributed by atoms with E-state index in [1.165, 1.54) is 48.5 Å². The number of rotatable bonds is 14. The van der Waals surface area contributed by atoms with Crippen LogP contribution in [0.1, 0.15) is 64.3 Å². The molecule has 0 fully saturated rings. The Labute approximate surface area is 271 Å². The molecule has 3 aromatic carbocycles. The first-order chi connectivity index (χ1) is 21.8. The van der Waals surface area contributed by atoms with Crippen molar-refractivity contribution in [2.45, 2.75) is 66.2 Å². The highest BCUT2D eigenvalue weighted by Crippen LogP contribution is 2.53. The SMILES string of the molecule is C=CC.C=CC.CC(C)N(C(C)C)P(OCCc1ccc([N+](=O)[O-])cc1)OC(c1ccccc1[N+](=O)[O-])c1ccccc1[N+](=O)[O-]. The average Bonchev–Trinajstić information content (AvgIpc) is 3.00. The monoisotopic (exact) mass is 654 g/mol. The second-order valence-corrected chi connectivity index (χ2v) is 11.7. The van der Waals surface area contributed by atoms with E-state index in [0.29, 0.717) is 6.42 Å². The molecule has 0 spiro atoms. The van der Waals surface area contributed by atoms with E-state index in [9.17, 15) is 30.3 Å². The van der Waals surface area contributed by atoms with Crippen molar-refractivity contribution in [3.63, 3.8) is 0 Å². The molecule has 0 heterocycles. The van der Waals surface area contributed by atoms with Crippen LogP contribution in [0, 0.1) is 30.3 Å². The van der Waals surface area contributed by atoms with Gasteiger partial charge in [0.15, 0.2) is 0 Å². The molecule has 1 unspecified atom stereocenters. The molecule has 0 N–H and O–H groups in total. The molecule has 0 bridgehead atoms. The van der Waals surface area contributed by atoms with Gasteiger partial charge in [0.25, 0.3) is 25.6 Å². The highest BCUT2D eigenvalue weighted by molar-refractivity contribution is 7.44. The van der Waals surface area contributed by atoms with Gasteiger partial charge in [-0.15, -0.1) is 13.2 Å². The number of nitrogens with zero attached hydrogens (tertiary/aromatic N) is 4. The third-order valence-electron chi connectivity index (χ3n) is 6.01. The highest BCUT2D eigenvalue weighted by atomic mass is 31.2. The van der Waals surface area contributed by atoms with Crippen LogP contribution in [0.2, 0.25) is 0 Å². The zero-order chi connectivity index (χ0) is 34.8. The van der Waals surface area contributed by atoms with Gasteiger partial charge in [0.2, 0.25) is 0 Å². The van der Waals surface area contributed by atoms with Crippen LogP contribution in [0.4, 0.5) is 17.1 Å². The molecule has 0 aliphatic carbocycles. The molecule has 248 valence electrons. The number of benzene rings is 3. The van der Waals surface area contributed by atoms with Gasteiger partial charge in [0, 0.05) is 36.3 Å². The third-order valence-corrected chi connectivity index (χ3v) is 8.11. The lowest BCUT2D eigenvalue weighted by Gasteiger charge is -2.37. The molecular formula is C33H43N4O8P.